The molecule has 0 bridgehead atoms. The highest BCUT2D eigenvalue weighted by Gasteiger charge is 2.02. The highest BCUT2D eigenvalue weighted by molar-refractivity contribution is 5.87. The molecule has 0 spiro atoms. The molecule has 2 aromatic carbocycles. The van der Waals surface area contributed by atoms with Crippen LogP contribution in [0.3, 0.4) is 0 Å². The van der Waals surface area contributed by atoms with Crippen LogP contribution in [0.15, 0.2) is 48.5 Å². The van der Waals surface area contributed by atoms with Crippen LogP contribution in [0.1, 0.15) is 24.5 Å². The van der Waals surface area contributed by atoms with Gasteiger partial charge in [-0.15, -0.1) is 0 Å². The van der Waals surface area contributed by atoms with Gasteiger partial charge in [0.05, 0.1) is 0 Å². The van der Waals surface area contributed by atoms with Gasteiger partial charge >= 0.3 is 0 Å². The smallest absolute Gasteiger partial charge is 0.0473 e. The molecular formula is C16H18N2. The molecule has 0 amide bonds. The first kappa shape index (κ1) is 12.4. The quantitative estimate of drug-likeness (QED) is 0.745. The molecular weight excluding hydrogens is 220 g/mol. The number of rotatable bonds is 5. The Kier molecular flexibility index (Phi) is 4.13. The zero-order valence-corrected chi connectivity index (χ0v) is 10.6. The average molecular weight is 238 g/mol. The third-order valence-corrected chi connectivity index (χ3v) is 2.86. The standard InChI is InChI=1S/C16H18N2/c1-2-6-13-9-10-16(14(11-13)12-17)18-15-7-4-3-5-8-15/h3-5,7-12,17-18H,2,6H2,1H3. The van der Waals surface area contributed by atoms with E-state index in [2.05, 4.69) is 30.4 Å². The molecule has 2 heteroatoms. The van der Waals surface area contributed by atoms with Gasteiger partial charge < -0.3 is 10.7 Å². The fraction of sp³-hybridized carbons (Fsp3) is 0.188. The van der Waals surface area contributed by atoms with Crippen molar-refractivity contribution in [3.8, 4) is 0 Å². The van der Waals surface area contributed by atoms with Crippen LogP contribution in [0.5, 0.6) is 0 Å². The van der Waals surface area contributed by atoms with Crippen LogP contribution in [0, 0.1) is 5.41 Å². The minimum atomic E-state index is 0.935. The molecule has 0 aliphatic rings. The summed E-state index contributed by atoms with van der Waals surface area (Å²) in [7, 11) is 0. The third-order valence-electron chi connectivity index (χ3n) is 2.86. The summed E-state index contributed by atoms with van der Waals surface area (Å²) in [6.45, 7) is 2.17. The Labute approximate surface area is 108 Å². The van der Waals surface area contributed by atoms with Gasteiger partial charge in [0.25, 0.3) is 0 Å². The Bertz CT molecular complexity index is 518. The van der Waals surface area contributed by atoms with Crippen LogP contribution in [-0.2, 0) is 6.42 Å². The molecule has 0 radical (unpaired) electrons. The average Bonchev–Trinajstić information content (AvgIpc) is 2.42. The summed E-state index contributed by atoms with van der Waals surface area (Å²) < 4.78 is 0. The molecule has 0 atom stereocenters. The van der Waals surface area contributed by atoms with Gasteiger partial charge in [-0.2, -0.15) is 0 Å². The van der Waals surface area contributed by atoms with E-state index < -0.39 is 0 Å². The zero-order chi connectivity index (χ0) is 12.8. The van der Waals surface area contributed by atoms with Crippen molar-refractivity contribution >= 4 is 17.6 Å². The van der Waals surface area contributed by atoms with Crippen molar-refractivity contribution in [1.29, 1.82) is 5.41 Å². The van der Waals surface area contributed by atoms with Crippen LogP contribution in [0.2, 0.25) is 0 Å². The van der Waals surface area contributed by atoms with Gasteiger partial charge in [0.15, 0.2) is 0 Å². The predicted octanol–water partition coefficient (Wildman–Crippen LogP) is 4.38. The second-order valence-corrected chi connectivity index (χ2v) is 4.31. The van der Waals surface area contributed by atoms with Gasteiger partial charge in [-0.1, -0.05) is 37.6 Å². The minimum absolute atomic E-state index is 0.935. The summed E-state index contributed by atoms with van der Waals surface area (Å²) in [5, 5.41) is 10.9. The number of benzene rings is 2. The van der Waals surface area contributed by atoms with Crippen molar-refractivity contribution in [2.45, 2.75) is 19.8 Å². The number of hydrogen-bond acceptors (Lipinski definition) is 2. The lowest BCUT2D eigenvalue weighted by molar-refractivity contribution is 0.922. The largest absolute Gasteiger partial charge is 0.355 e. The lowest BCUT2D eigenvalue weighted by Gasteiger charge is -2.11. The summed E-state index contributed by atoms with van der Waals surface area (Å²) >= 11 is 0. The van der Waals surface area contributed by atoms with Gasteiger partial charge in [0, 0.05) is 23.2 Å². The molecule has 2 nitrogen and oxygen atoms in total. The van der Waals surface area contributed by atoms with Gasteiger partial charge in [-0.25, -0.2) is 0 Å². The van der Waals surface area contributed by atoms with E-state index >= 15 is 0 Å². The number of para-hydroxylation sites is 1. The summed E-state index contributed by atoms with van der Waals surface area (Å²) in [6.07, 6.45) is 3.60. The molecule has 2 rings (SSSR count). The molecule has 0 saturated carbocycles. The molecule has 18 heavy (non-hydrogen) atoms. The first-order chi connectivity index (χ1) is 8.83. The van der Waals surface area contributed by atoms with Crippen molar-refractivity contribution in [2.75, 3.05) is 5.32 Å². The Hall–Kier alpha value is -2.09. The molecule has 0 heterocycles. The maximum Gasteiger partial charge on any atom is 0.0473 e. The summed E-state index contributed by atoms with van der Waals surface area (Å²) in [6, 6.07) is 16.3. The first-order valence-electron chi connectivity index (χ1n) is 6.29. The summed E-state index contributed by atoms with van der Waals surface area (Å²) in [5.74, 6) is 0. The second-order valence-electron chi connectivity index (χ2n) is 4.31. The SMILES string of the molecule is CCCc1ccc(Nc2ccccc2)c(C=N)c1. The van der Waals surface area contributed by atoms with Crippen molar-refractivity contribution in [2.24, 2.45) is 0 Å². The van der Waals surface area contributed by atoms with E-state index in [-0.39, 0.29) is 0 Å². The van der Waals surface area contributed by atoms with E-state index in [1.807, 2.05) is 30.3 Å². The van der Waals surface area contributed by atoms with Gasteiger partial charge in [0.2, 0.25) is 0 Å². The van der Waals surface area contributed by atoms with Gasteiger partial charge in [-0.3, -0.25) is 0 Å². The third kappa shape index (κ3) is 2.98. The van der Waals surface area contributed by atoms with E-state index in [4.69, 9.17) is 5.41 Å². The number of hydrogen-bond donors (Lipinski definition) is 2. The summed E-state index contributed by atoms with van der Waals surface area (Å²) in [5.41, 5.74) is 4.25. The maximum absolute atomic E-state index is 7.51. The zero-order valence-electron chi connectivity index (χ0n) is 10.6. The molecule has 2 aromatic rings. The highest BCUT2D eigenvalue weighted by atomic mass is 14.9. The van der Waals surface area contributed by atoms with Crippen LogP contribution < -0.4 is 5.32 Å². The van der Waals surface area contributed by atoms with Crippen LogP contribution >= 0.6 is 0 Å². The topological polar surface area (TPSA) is 35.9 Å². The Morgan fingerprint density at radius 2 is 1.89 bits per heavy atom. The van der Waals surface area contributed by atoms with E-state index in [9.17, 15) is 0 Å². The van der Waals surface area contributed by atoms with E-state index in [0.717, 1.165) is 29.8 Å². The Morgan fingerprint density at radius 3 is 2.56 bits per heavy atom. The van der Waals surface area contributed by atoms with Crippen molar-refractivity contribution in [1.82, 2.24) is 0 Å². The first-order valence-corrected chi connectivity index (χ1v) is 6.29. The molecule has 0 fully saturated rings. The van der Waals surface area contributed by atoms with Crippen molar-refractivity contribution in [3.63, 3.8) is 0 Å². The van der Waals surface area contributed by atoms with Gasteiger partial charge in [0.1, 0.15) is 0 Å². The van der Waals surface area contributed by atoms with Crippen molar-refractivity contribution < 1.29 is 0 Å². The van der Waals surface area contributed by atoms with E-state index in [1.54, 1.807) is 0 Å². The van der Waals surface area contributed by atoms with E-state index in [1.165, 1.54) is 11.8 Å². The highest BCUT2D eigenvalue weighted by Crippen LogP contribution is 2.21. The fourth-order valence-electron chi connectivity index (χ4n) is 1.97. The normalized spacial score (nSPS) is 10.1. The molecule has 92 valence electrons. The van der Waals surface area contributed by atoms with Crippen LogP contribution in [-0.4, -0.2) is 6.21 Å². The lowest BCUT2D eigenvalue weighted by Crippen LogP contribution is -1.96. The minimum Gasteiger partial charge on any atom is -0.355 e. The summed E-state index contributed by atoms with van der Waals surface area (Å²) in [4.78, 5) is 0. The lowest BCUT2D eigenvalue weighted by atomic mass is 10.1. The second kappa shape index (κ2) is 6.01. The van der Waals surface area contributed by atoms with Crippen LogP contribution in [0.25, 0.3) is 0 Å². The maximum atomic E-state index is 7.51. The fourth-order valence-corrected chi connectivity index (χ4v) is 1.97. The predicted molar refractivity (Wildman–Crippen MR) is 78.0 cm³/mol. The number of aryl methyl sites for hydroxylation is 1. The molecule has 2 N–H and O–H groups in total. The van der Waals surface area contributed by atoms with E-state index in [0.29, 0.717) is 0 Å². The number of nitrogens with one attached hydrogen (secondary N) is 2. The Morgan fingerprint density at radius 1 is 1.11 bits per heavy atom. The molecule has 0 aromatic heterocycles. The monoisotopic (exact) mass is 238 g/mol. The molecule has 0 saturated heterocycles. The van der Waals surface area contributed by atoms with Crippen molar-refractivity contribution in [3.05, 3.63) is 59.7 Å². The van der Waals surface area contributed by atoms with Gasteiger partial charge in [-0.05, 0) is 36.2 Å². The number of anilines is 2. The Balaban J connectivity index is 2.25. The molecule has 0 unspecified atom stereocenters. The molecule has 0 aliphatic carbocycles. The molecule has 0 aliphatic heterocycles. The van der Waals surface area contributed by atoms with Crippen LogP contribution in [0.4, 0.5) is 11.4 Å².